The number of carbonyl (C=O) groups is 1. The number of pyridine rings is 1. The topological polar surface area (TPSA) is 21.5 Å². The molecule has 0 radical (unpaired) electrons. The first-order chi connectivity index (χ1) is 14.6. The van der Waals surface area contributed by atoms with Gasteiger partial charge < -0.3 is 4.40 Å². The van der Waals surface area contributed by atoms with Crippen LogP contribution in [0.1, 0.15) is 27.2 Å². The van der Waals surface area contributed by atoms with Crippen molar-refractivity contribution in [2.24, 2.45) is 0 Å². The molecule has 4 aromatic rings. The maximum Gasteiger partial charge on any atom is 0.416 e. The van der Waals surface area contributed by atoms with Gasteiger partial charge in [-0.3, -0.25) is 4.79 Å². The van der Waals surface area contributed by atoms with E-state index in [0.29, 0.717) is 11.1 Å². The van der Waals surface area contributed by atoms with Crippen LogP contribution < -0.4 is 0 Å². The highest BCUT2D eigenvalue weighted by Gasteiger charge is 2.32. The van der Waals surface area contributed by atoms with E-state index < -0.39 is 29.3 Å². The van der Waals surface area contributed by atoms with Crippen LogP contribution in [0.25, 0.3) is 16.6 Å². The van der Waals surface area contributed by atoms with E-state index in [-0.39, 0.29) is 16.8 Å². The number of benzene rings is 2. The molecule has 8 heteroatoms. The first-order valence-corrected chi connectivity index (χ1v) is 9.05. The molecule has 2 aromatic carbocycles. The number of aromatic nitrogens is 1. The van der Waals surface area contributed by atoms with E-state index >= 15 is 0 Å². The molecule has 0 bridgehead atoms. The molecule has 2 heterocycles. The monoisotopic (exact) mass is 433 g/mol. The number of rotatable bonds is 3. The number of hydrogen-bond donors (Lipinski definition) is 0. The highest BCUT2D eigenvalue weighted by atomic mass is 19.4. The van der Waals surface area contributed by atoms with Crippen molar-refractivity contribution < 1.29 is 31.1 Å². The number of nitrogens with zero attached hydrogens (tertiary/aromatic N) is 1. The summed E-state index contributed by atoms with van der Waals surface area (Å²) in [5.41, 5.74) is -0.564. The number of halogens is 6. The fraction of sp³-hybridized carbons (Fsp3) is 0.0870. The van der Waals surface area contributed by atoms with Gasteiger partial charge in [0.25, 0.3) is 0 Å². The maximum atomic E-state index is 13.2. The van der Waals surface area contributed by atoms with Gasteiger partial charge >= 0.3 is 12.4 Å². The average molecular weight is 433 g/mol. The summed E-state index contributed by atoms with van der Waals surface area (Å²) in [4.78, 5) is 13.0. The van der Waals surface area contributed by atoms with Crippen molar-refractivity contribution in [1.82, 2.24) is 4.40 Å². The second-order valence-corrected chi connectivity index (χ2v) is 6.88. The zero-order valence-corrected chi connectivity index (χ0v) is 15.6. The second-order valence-electron chi connectivity index (χ2n) is 6.88. The Labute approximate surface area is 172 Å². The van der Waals surface area contributed by atoms with Crippen molar-refractivity contribution in [2.75, 3.05) is 0 Å². The molecule has 0 aliphatic carbocycles. The van der Waals surface area contributed by atoms with Crippen LogP contribution in [0.4, 0.5) is 26.3 Å². The fourth-order valence-corrected chi connectivity index (χ4v) is 3.36. The lowest BCUT2D eigenvalue weighted by atomic mass is 10.0. The number of hydrogen-bond acceptors (Lipinski definition) is 1. The van der Waals surface area contributed by atoms with E-state index in [1.165, 1.54) is 10.5 Å². The van der Waals surface area contributed by atoms with E-state index in [1.807, 2.05) is 0 Å². The van der Waals surface area contributed by atoms with Gasteiger partial charge in [0.05, 0.1) is 22.3 Å². The molecule has 158 valence electrons. The Kier molecular flexibility index (Phi) is 4.88. The third-order valence-electron chi connectivity index (χ3n) is 4.89. The minimum Gasteiger partial charge on any atom is -0.313 e. The van der Waals surface area contributed by atoms with Gasteiger partial charge in [0, 0.05) is 17.3 Å². The number of fused-ring (bicyclic) bond motifs is 1. The third kappa shape index (κ3) is 3.93. The Morgan fingerprint density at radius 1 is 0.710 bits per heavy atom. The Morgan fingerprint density at radius 2 is 1.32 bits per heavy atom. The van der Waals surface area contributed by atoms with Gasteiger partial charge in [0.15, 0.2) is 0 Å². The summed E-state index contributed by atoms with van der Waals surface area (Å²) in [5.74, 6) is -0.606. The number of alkyl halides is 6. The Morgan fingerprint density at radius 3 is 1.90 bits per heavy atom. The van der Waals surface area contributed by atoms with Gasteiger partial charge in [-0.1, -0.05) is 42.5 Å². The smallest absolute Gasteiger partial charge is 0.313 e. The lowest BCUT2D eigenvalue weighted by Gasteiger charge is -2.09. The molecule has 0 saturated carbocycles. The summed E-state index contributed by atoms with van der Waals surface area (Å²) in [6.07, 6.45) is -7.97. The summed E-state index contributed by atoms with van der Waals surface area (Å²) in [5, 5.41) is 0. The molecule has 0 aliphatic heterocycles. The van der Waals surface area contributed by atoms with E-state index in [4.69, 9.17) is 0 Å². The van der Waals surface area contributed by atoms with Gasteiger partial charge in [-0.15, -0.1) is 0 Å². The van der Waals surface area contributed by atoms with Crippen molar-refractivity contribution in [3.05, 3.63) is 101 Å². The molecule has 0 N–H and O–H groups in total. The summed E-state index contributed by atoms with van der Waals surface area (Å²) < 4.78 is 79.4. The van der Waals surface area contributed by atoms with Gasteiger partial charge in [-0.2, -0.15) is 26.3 Å². The molecule has 4 rings (SSSR count). The zero-order chi connectivity index (χ0) is 22.4. The van der Waals surface area contributed by atoms with Crippen LogP contribution in [-0.2, 0) is 12.4 Å². The lowest BCUT2D eigenvalue weighted by molar-refractivity contribution is -0.138. The summed E-state index contributed by atoms with van der Waals surface area (Å²) in [7, 11) is 0. The predicted octanol–water partition coefficient (Wildman–Crippen LogP) is 6.87. The van der Waals surface area contributed by atoms with Crippen LogP contribution in [0.15, 0.2) is 79.0 Å². The number of carbonyl (C=O) groups excluding carboxylic acids is 1. The highest BCUT2D eigenvalue weighted by Crippen LogP contribution is 2.35. The molecule has 0 aliphatic rings. The van der Waals surface area contributed by atoms with E-state index in [2.05, 4.69) is 0 Å². The Hall–Kier alpha value is -3.55. The SMILES string of the molecule is O=C(c1ccc(C(F)(F)F)cc1)c1cc(-c2ccccc2)c2cc(C(F)(F)F)ccn12. The van der Waals surface area contributed by atoms with Crippen LogP contribution in [0.2, 0.25) is 0 Å². The summed E-state index contributed by atoms with van der Waals surface area (Å²) in [6, 6.07) is 15.5. The molecular weight excluding hydrogens is 420 g/mol. The van der Waals surface area contributed by atoms with Gasteiger partial charge in [0.1, 0.15) is 0 Å². The van der Waals surface area contributed by atoms with Crippen LogP contribution in [0.3, 0.4) is 0 Å². The van der Waals surface area contributed by atoms with E-state index in [0.717, 1.165) is 42.6 Å². The molecule has 31 heavy (non-hydrogen) atoms. The van der Waals surface area contributed by atoms with E-state index in [1.54, 1.807) is 30.3 Å². The predicted molar refractivity (Wildman–Crippen MR) is 103 cm³/mol. The third-order valence-corrected chi connectivity index (χ3v) is 4.89. The first kappa shape index (κ1) is 20.7. The molecule has 0 spiro atoms. The molecule has 0 unspecified atom stereocenters. The highest BCUT2D eigenvalue weighted by molar-refractivity contribution is 6.10. The maximum absolute atomic E-state index is 13.2. The van der Waals surface area contributed by atoms with Crippen molar-refractivity contribution in [3.63, 3.8) is 0 Å². The quantitative estimate of drug-likeness (QED) is 0.255. The Bertz CT molecular complexity index is 1250. The minimum absolute atomic E-state index is 0.00749. The van der Waals surface area contributed by atoms with Crippen LogP contribution >= 0.6 is 0 Å². The molecule has 0 atom stereocenters. The van der Waals surface area contributed by atoms with Crippen molar-refractivity contribution in [2.45, 2.75) is 12.4 Å². The molecule has 2 nitrogen and oxygen atoms in total. The minimum atomic E-state index is -4.57. The molecular formula is C23H13F6NO. The first-order valence-electron chi connectivity index (χ1n) is 9.05. The molecule has 2 aromatic heterocycles. The van der Waals surface area contributed by atoms with Crippen LogP contribution in [0.5, 0.6) is 0 Å². The Balaban J connectivity index is 1.87. The van der Waals surface area contributed by atoms with Crippen LogP contribution in [-0.4, -0.2) is 10.2 Å². The summed E-state index contributed by atoms with van der Waals surface area (Å²) >= 11 is 0. The van der Waals surface area contributed by atoms with Crippen molar-refractivity contribution >= 4 is 11.3 Å². The molecule has 0 fully saturated rings. The van der Waals surface area contributed by atoms with E-state index in [9.17, 15) is 31.1 Å². The standard InChI is InChI=1S/C23H13F6NO/c24-22(25,26)16-8-6-15(7-9-16)21(31)20-13-18(14-4-2-1-3-5-14)19-12-17(23(27,28)29)10-11-30(19)20/h1-13H. The lowest BCUT2D eigenvalue weighted by Crippen LogP contribution is -2.09. The van der Waals surface area contributed by atoms with Crippen molar-refractivity contribution in [3.8, 4) is 11.1 Å². The molecule has 0 amide bonds. The summed E-state index contributed by atoms with van der Waals surface area (Å²) in [6.45, 7) is 0. The van der Waals surface area contributed by atoms with Gasteiger partial charge in [0.2, 0.25) is 5.78 Å². The fourth-order valence-electron chi connectivity index (χ4n) is 3.36. The van der Waals surface area contributed by atoms with Gasteiger partial charge in [-0.25, -0.2) is 0 Å². The van der Waals surface area contributed by atoms with Crippen molar-refractivity contribution in [1.29, 1.82) is 0 Å². The largest absolute Gasteiger partial charge is 0.416 e. The van der Waals surface area contributed by atoms with Crippen LogP contribution in [0, 0.1) is 0 Å². The average Bonchev–Trinajstić information content (AvgIpc) is 3.11. The zero-order valence-electron chi connectivity index (χ0n) is 15.6. The normalized spacial score (nSPS) is 12.3. The second kappa shape index (κ2) is 7.30. The number of ketones is 1. The van der Waals surface area contributed by atoms with Gasteiger partial charge in [-0.05, 0) is 35.9 Å². The molecule has 0 saturated heterocycles.